The van der Waals surface area contributed by atoms with Crippen LogP contribution in [0.4, 0.5) is 8.78 Å². The van der Waals surface area contributed by atoms with Crippen molar-refractivity contribution in [2.45, 2.75) is 11.7 Å². The first kappa shape index (κ1) is 17.1. The minimum Gasteiger partial charge on any atom is -0.351 e. The van der Waals surface area contributed by atoms with E-state index < -0.39 is 0 Å². The predicted octanol–water partition coefficient (Wildman–Crippen LogP) is 3.16. The predicted molar refractivity (Wildman–Crippen MR) is 90.7 cm³/mol. The summed E-state index contributed by atoms with van der Waals surface area (Å²) in [4.78, 5) is 16.1. The molecule has 0 saturated carbocycles. The molecule has 0 saturated heterocycles. The molecule has 2 aromatic carbocycles. The minimum atomic E-state index is -0.323. The Bertz CT molecular complexity index is 850. The number of carbonyl (C=O) groups excluding carboxylic acids is 1. The Labute approximate surface area is 146 Å². The van der Waals surface area contributed by atoms with Crippen molar-refractivity contribution in [3.8, 4) is 11.4 Å². The van der Waals surface area contributed by atoms with Gasteiger partial charge >= 0.3 is 0 Å². The van der Waals surface area contributed by atoms with Gasteiger partial charge < -0.3 is 5.32 Å². The lowest BCUT2D eigenvalue weighted by Crippen LogP contribution is -2.24. The summed E-state index contributed by atoms with van der Waals surface area (Å²) in [6.07, 6.45) is 0. The van der Waals surface area contributed by atoms with E-state index in [-0.39, 0.29) is 23.3 Å². The maximum atomic E-state index is 12.9. The van der Waals surface area contributed by atoms with Crippen molar-refractivity contribution in [1.82, 2.24) is 20.5 Å². The number of hydrogen-bond acceptors (Lipinski definition) is 4. The van der Waals surface area contributed by atoms with Crippen LogP contribution in [0.15, 0.2) is 53.7 Å². The molecule has 0 aliphatic heterocycles. The van der Waals surface area contributed by atoms with E-state index in [2.05, 4.69) is 20.5 Å². The third-order valence-electron chi connectivity index (χ3n) is 3.32. The van der Waals surface area contributed by atoms with Crippen LogP contribution in [0.3, 0.4) is 0 Å². The van der Waals surface area contributed by atoms with Gasteiger partial charge in [-0.1, -0.05) is 23.9 Å². The quantitative estimate of drug-likeness (QED) is 0.663. The molecule has 5 nitrogen and oxygen atoms in total. The summed E-state index contributed by atoms with van der Waals surface area (Å²) in [6, 6.07) is 11.8. The molecule has 3 aromatic rings. The molecule has 8 heteroatoms. The monoisotopic (exact) mass is 360 g/mol. The summed E-state index contributed by atoms with van der Waals surface area (Å²) in [5, 5.41) is 9.95. The number of H-pyrrole nitrogens is 1. The molecule has 128 valence electrons. The number of aromatic nitrogens is 3. The maximum Gasteiger partial charge on any atom is 0.230 e. The average Bonchev–Trinajstić information content (AvgIpc) is 3.09. The Balaban J connectivity index is 1.49. The van der Waals surface area contributed by atoms with E-state index >= 15 is 0 Å². The normalized spacial score (nSPS) is 10.6. The van der Waals surface area contributed by atoms with Crippen molar-refractivity contribution in [3.05, 3.63) is 65.7 Å². The number of halogens is 2. The molecule has 0 spiro atoms. The van der Waals surface area contributed by atoms with Crippen molar-refractivity contribution in [2.75, 3.05) is 5.75 Å². The number of nitrogens with zero attached hydrogens (tertiary/aromatic N) is 2. The van der Waals surface area contributed by atoms with Crippen LogP contribution in [0.5, 0.6) is 0 Å². The fraction of sp³-hybridized carbons (Fsp3) is 0.118. The highest BCUT2D eigenvalue weighted by molar-refractivity contribution is 7.99. The van der Waals surface area contributed by atoms with Crippen LogP contribution in [0.25, 0.3) is 11.4 Å². The molecule has 25 heavy (non-hydrogen) atoms. The van der Waals surface area contributed by atoms with E-state index in [0.717, 1.165) is 5.56 Å². The minimum absolute atomic E-state index is 0.155. The van der Waals surface area contributed by atoms with Crippen LogP contribution in [0, 0.1) is 11.6 Å². The van der Waals surface area contributed by atoms with E-state index in [1.165, 1.54) is 36.0 Å². The summed E-state index contributed by atoms with van der Waals surface area (Å²) in [7, 11) is 0. The van der Waals surface area contributed by atoms with Crippen molar-refractivity contribution < 1.29 is 13.6 Å². The molecule has 1 aromatic heterocycles. The Morgan fingerprint density at radius 1 is 1.04 bits per heavy atom. The lowest BCUT2D eigenvalue weighted by atomic mass is 10.2. The lowest BCUT2D eigenvalue weighted by Gasteiger charge is -2.04. The van der Waals surface area contributed by atoms with E-state index in [9.17, 15) is 13.6 Å². The van der Waals surface area contributed by atoms with Crippen molar-refractivity contribution >= 4 is 17.7 Å². The van der Waals surface area contributed by atoms with Gasteiger partial charge in [0.2, 0.25) is 11.1 Å². The van der Waals surface area contributed by atoms with Crippen LogP contribution in [0.1, 0.15) is 5.56 Å². The second-order valence-electron chi connectivity index (χ2n) is 5.17. The van der Waals surface area contributed by atoms with Crippen LogP contribution in [-0.2, 0) is 11.3 Å². The standard InChI is InChI=1S/C17H14F2N4OS/c18-13-5-1-11(2-6-13)9-20-15(24)10-25-17-21-16(22-23-17)12-3-7-14(19)8-4-12/h1-8H,9-10H2,(H,20,24)(H,21,22,23). The van der Waals surface area contributed by atoms with Crippen LogP contribution < -0.4 is 5.32 Å². The highest BCUT2D eigenvalue weighted by Crippen LogP contribution is 2.19. The summed E-state index contributed by atoms with van der Waals surface area (Å²) in [5.74, 6) is -0.151. The zero-order valence-corrected chi connectivity index (χ0v) is 13.8. The Kier molecular flexibility index (Phi) is 5.39. The van der Waals surface area contributed by atoms with Gasteiger partial charge in [0, 0.05) is 12.1 Å². The SMILES string of the molecule is O=C(CSc1n[nH]c(-c2ccc(F)cc2)n1)NCc1ccc(F)cc1. The number of nitrogens with one attached hydrogen (secondary N) is 2. The van der Waals surface area contributed by atoms with Gasteiger partial charge in [-0.2, -0.15) is 0 Å². The number of amides is 1. The highest BCUT2D eigenvalue weighted by Gasteiger charge is 2.09. The Hall–Kier alpha value is -2.74. The molecular formula is C17H14F2N4OS. The Morgan fingerprint density at radius 2 is 1.68 bits per heavy atom. The first-order chi connectivity index (χ1) is 12.1. The molecule has 2 N–H and O–H groups in total. The molecule has 0 bridgehead atoms. The lowest BCUT2D eigenvalue weighted by molar-refractivity contribution is -0.118. The molecular weight excluding hydrogens is 346 g/mol. The van der Waals surface area contributed by atoms with Gasteiger partial charge in [0.05, 0.1) is 5.75 Å². The fourth-order valence-electron chi connectivity index (χ4n) is 2.03. The van der Waals surface area contributed by atoms with Gasteiger partial charge in [0.25, 0.3) is 0 Å². The fourth-order valence-corrected chi connectivity index (χ4v) is 2.66. The zero-order chi connectivity index (χ0) is 17.6. The molecule has 1 amide bonds. The number of hydrogen-bond donors (Lipinski definition) is 2. The van der Waals surface area contributed by atoms with Gasteiger partial charge in [-0.15, -0.1) is 5.10 Å². The smallest absolute Gasteiger partial charge is 0.230 e. The molecule has 0 unspecified atom stereocenters. The maximum absolute atomic E-state index is 12.9. The van der Waals surface area contributed by atoms with Crippen LogP contribution in [0.2, 0.25) is 0 Å². The number of carbonyl (C=O) groups is 1. The zero-order valence-electron chi connectivity index (χ0n) is 13.0. The Morgan fingerprint density at radius 3 is 2.36 bits per heavy atom. The third kappa shape index (κ3) is 4.87. The molecule has 0 aliphatic rings. The van der Waals surface area contributed by atoms with Gasteiger partial charge in [0.1, 0.15) is 11.6 Å². The van der Waals surface area contributed by atoms with Crippen molar-refractivity contribution in [1.29, 1.82) is 0 Å². The van der Waals surface area contributed by atoms with Gasteiger partial charge in [-0.25, -0.2) is 13.8 Å². The van der Waals surface area contributed by atoms with Crippen LogP contribution >= 0.6 is 11.8 Å². The van der Waals surface area contributed by atoms with E-state index in [4.69, 9.17) is 0 Å². The number of aromatic amines is 1. The van der Waals surface area contributed by atoms with Crippen LogP contribution in [-0.4, -0.2) is 26.8 Å². The van der Waals surface area contributed by atoms with Crippen molar-refractivity contribution in [3.63, 3.8) is 0 Å². The van der Waals surface area contributed by atoms with Gasteiger partial charge in [0.15, 0.2) is 5.82 Å². The first-order valence-electron chi connectivity index (χ1n) is 7.42. The van der Waals surface area contributed by atoms with Crippen molar-refractivity contribution in [2.24, 2.45) is 0 Å². The highest BCUT2D eigenvalue weighted by atomic mass is 32.2. The average molecular weight is 360 g/mol. The first-order valence-corrected chi connectivity index (χ1v) is 8.41. The second kappa shape index (κ2) is 7.89. The van der Waals surface area contributed by atoms with Gasteiger partial charge in [-0.05, 0) is 42.0 Å². The largest absolute Gasteiger partial charge is 0.351 e. The molecule has 0 aliphatic carbocycles. The topological polar surface area (TPSA) is 70.7 Å². The summed E-state index contributed by atoms with van der Waals surface area (Å²) < 4.78 is 25.7. The van der Waals surface area contributed by atoms with E-state index in [1.807, 2.05) is 0 Å². The van der Waals surface area contributed by atoms with E-state index in [1.54, 1.807) is 24.3 Å². The number of benzene rings is 2. The summed E-state index contributed by atoms with van der Waals surface area (Å²) >= 11 is 1.19. The van der Waals surface area contributed by atoms with E-state index in [0.29, 0.717) is 23.1 Å². The third-order valence-corrected chi connectivity index (χ3v) is 4.17. The summed E-state index contributed by atoms with van der Waals surface area (Å²) in [5.41, 5.74) is 1.53. The molecule has 0 fully saturated rings. The number of thioether (sulfide) groups is 1. The van der Waals surface area contributed by atoms with Gasteiger partial charge in [-0.3, -0.25) is 9.89 Å². The second-order valence-corrected chi connectivity index (χ2v) is 6.11. The molecule has 0 atom stereocenters. The molecule has 1 heterocycles. The molecule has 3 rings (SSSR count). The summed E-state index contributed by atoms with van der Waals surface area (Å²) in [6.45, 7) is 0.328. The molecule has 0 radical (unpaired) electrons. The number of rotatable bonds is 6.